The maximum Gasteiger partial charge on any atom is 0.418 e. The predicted octanol–water partition coefficient (Wildman–Crippen LogP) is 1.54. The minimum absolute atomic E-state index is 0.0419. The number of pyridine rings is 1. The predicted molar refractivity (Wildman–Crippen MR) is 187 cm³/mol. The molecule has 4 rings (SSSR count). The molecule has 0 radical (unpaired) electrons. The Kier molecular flexibility index (Phi) is 13.1. The molecule has 0 spiro atoms. The highest BCUT2D eigenvalue weighted by Crippen LogP contribution is 2.40. The number of ether oxygens (including phenoxy) is 1. The van der Waals surface area contributed by atoms with Gasteiger partial charge in [0.1, 0.15) is 18.1 Å². The molecule has 1 aromatic carbocycles. The van der Waals surface area contributed by atoms with E-state index in [1.54, 1.807) is 36.5 Å². The summed E-state index contributed by atoms with van der Waals surface area (Å²) in [5, 5.41) is 15.4. The number of nitrogens with zero attached hydrogens (tertiary/aromatic N) is 4. The molecule has 3 heterocycles. The van der Waals surface area contributed by atoms with Gasteiger partial charge in [0.05, 0.1) is 23.9 Å². The fourth-order valence-corrected chi connectivity index (χ4v) is 6.15. The first-order chi connectivity index (χ1) is 24.5. The van der Waals surface area contributed by atoms with E-state index in [1.165, 1.54) is 19.2 Å². The number of carboxylic acids is 1. The van der Waals surface area contributed by atoms with E-state index in [0.29, 0.717) is 29.5 Å². The molecule has 1 aliphatic rings. The van der Waals surface area contributed by atoms with Crippen LogP contribution in [0.15, 0.2) is 53.1 Å². The van der Waals surface area contributed by atoms with Crippen molar-refractivity contribution in [3.05, 3.63) is 59.4 Å². The van der Waals surface area contributed by atoms with E-state index in [0.717, 1.165) is 35.3 Å². The average molecular weight is 762 g/mol. The molecule has 3 atom stereocenters. The maximum atomic E-state index is 13.4. The van der Waals surface area contributed by atoms with Gasteiger partial charge in [0.15, 0.2) is 22.4 Å². The van der Waals surface area contributed by atoms with Crippen molar-refractivity contribution in [2.75, 3.05) is 18.9 Å². The standard InChI is InChI=1S/C32H39N7O11S2/c1-32(2)22(29(42)39(32)50-52(45,46)47)14-26(41)28(24-17-51-31(35)37-24)38-49-27(30(43)44)16-48-21-10-7-18(8-11-21)19-6-9-20(36-15-19)13-25(40)23(34)5-3-4-12-33/h6-11,15,17,22-23,27H,3-5,12-14,16,33-34H2,1-2H3,(H2,35,37)(H,43,44)(H,45,46,47)/b38-28-/t22-,23+,27+/m1/s1. The second-order valence-corrected chi connectivity index (χ2v) is 14.2. The van der Waals surface area contributed by atoms with Crippen LogP contribution in [0.25, 0.3) is 11.1 Å². The number of nitrogen functional groups attached to an aromatic ring is 1. The number of hydrogen-bond acceptors (Lipinski definition) is 16. The van der Waals surface area contributed by atoms with Crippen LogP contribution in [0.1, 0.15) is 50.9 Å². The number of hydroxylamine groups is 2. The number of rotatable bonds is 20. The highest BCUT2D eigenvalue weighted by molar-refractivity contribution is 7.80. The highest BCUT2D eigenvalue weighted by atomic mass is 32.3. The molecule has 2 aromatic heterocycles. The van der Waals surface area contributed by atoms with Crippen LogP contribution < -0.4 is 21.9 Å². The van der Waals surface area contributed by atoms with E-state index in [-0.39, 0.29) is 23.0 Å². The maximum absolute atomic E-state index is 13.4. The van der Waals surface area contributed by atoms with Crippen molar-refractivity contribution < 1.29 is 51.1 Å². The smallest absolute Gasteiger partial charge is 0.418 e. The number of thiazole rings is 1. The van der Waals surface area contributed by atoms with E-state index >= 15 is 0 Å². The Morgan fingerprint density at radius 3 is 2.37 bits per heavy atom. The first kappa shape index (κ1) is 39.9. The number of anilines is 1. The zero-order valence-corrected chi connectivity index (χ0v) is 29.8. The molecule has 0 aliphatic carbocycles. The van der Waals surface area contributed by atoms with Crippen LogP contribution >= 0.6 is 11.3 Å². The van der Waals surface area contributed by atoms with Gasteiger partial charge in [0.2, 0.25) is 0 Å². The first-order valence-corrected chi connectivity index (χ1v) is 18.1. The number of carbonyl (C=O) groups is 4. The number of oxime groups is 1. The Bertz CT molecular complexity index is 1900. The van der Waals surface area contributed by atoms with E-state index in [2.05, 4.69) is 19.4 Å². The molecule has 20 heteroatoms. The summed E-state index contributed by atoms with van der Waals surface area (Å²) in [5.74, 6) is -4.04. The van der Waals surface area contributed by atoms with E-state index in [1.807, 2.05) is 6.07 Å². The summed E-state index contributed by atoms with van der Waals surface area (Å²) < 4.78 is 41.2. The number of amides is 1. The van der Waals surface area contributed by atoms with Crippen molar-refractivity contribution >= 4 is 56.0 Å². The van der Waals surface area contributed by atoms with Gasteiger partial charge in [0.25, 0.3) is 12.0 Å². The molecule has 280 valence electrons. The van der Waals surface area contributed by atoms with Gasteiger partial charge >= 0.3 is 16.4 Å². The third kappa shape index (κ3) is 10.4. The number of β-lactam (4-membered cyclic amide) rings is 1. The first-order valence-electron chi connectivity index (χ1n) is 15.9. The second-order valence-electron chi connectivity index (χ2n) is 12.3. The van der Waals surface area contributed by atoms with Gasteiger partial charge in [-0.05, 0) is 57.0 Å². The van der Waals surface area contributed by atoms with Crippen LogP contribution in [0.2, 0.25) is 0 Å². The van der Waals surface area contributed by atoms with Crippen LogP contribution in [-0.2, 0) is 45.1 Å². The van der Waals surface area contributed by atoms with E-state index in [9.17, 15) is 32.7 Å². The molecular weight excluding hydrogens is 723 g/mol. The summed E-state index contributed by atoms with van der Waals surface area (Å²) in [6, 6.07) is 9.67. The van der Waals surface area contributed by atoms with Crippen molar-refractivity contribution in [3.8, 4) is 16.9 Å². The lowest BCUT2D eigenvalue weighted by Crippen LogP contribution is -2.68. The van der Waals surface area contributed by atoms with Crippen LogP contribution in [0.4, 0.5) is 5.13 Å². The van der Waals surface area contributed by atoms with Gasteiger partial charge in [-0.15, -0.1) is 15.6 Å². The average Bonchev–Trinajstić information content (AvgIpc) is 3.52. The Morgan fingerprint density at radius 2 is 1.81 bits per heavy atom. The van der Waals surface area contributed by atoms with Gasteiger partial charge < -0.3 is 31.9 Å². The topological polar surface area (TPSA) is 290 Å². The minimum atomic E-state index is -5.00. The number of aliphatic carboxylic acids is 1. The summed E-state index contributed by atoms with van der Waals surface area (Å²) in [5.41, 5.74) is 17.5. The third-order valence-electron chi connectivity index (χ3n) is 8.16. The van der Waals surface area contributed by atoms with Crippen LogP contribution in [0.3, 0.4) is 0 Å². The van der Waals surface area contributed by atoms with Crippen LogP contribution in [0.5, 0.6) is 5.75 Å². The Morgan fingerprint density at radius 1 is 1.12 bits per heavy atom. The number of nitrogens with two attached hydrogens (primary N) is 3. The van der Waals surface area contributed by atoms with Gasteiger partial charge in [0, 0.05) is 29.3 Å². The molecule has 52 heavy (non-hydrogen) atoms. The van der Waals surface area contributed by atoms with Crippen LogP contribution in [-0.4, -0.2) is 93.1 Å². The summed E-state index contributed by atoms with van der Waals surface area (Å²) in [4.78, 5) is 64.0. The van der Waals surface area contributed by atoms with Crippen molar-refractivity contribution in [2.45, 2.75) is 63.6 Å². The van der Waals surface area contributed by atoms with E-state index < -0.39 is 70.4 Å². The van der Waals surface area contributed by atoms with Crippen molar-refractivity contribution in [1.29, 1.82) is 0 Å². The van der Waals surface area contributed by atoms with Gasteiger partial charge in [-0.3, -0.25) is 23.9 Å². The highest BCUT2D eigenvalue weighted by Gasteiger charge is 2.57. The summed E-state index contributed by atoms with van der Waals surface area (Å²) in [7, 11) is -5.00. The number of hydrogen-bond donors (Lipinski definition) is 5. The Hall–Kier alpha value is -4.86. The zero-order chi connectivity index (χ0) is 38.2. The molecule has 1 fully saturated rings. The van der Waals surface area contributed by atoms with Crippen molar-refractivity contribution in [1.82, 2.24) is 15.0 Å². The molecule has 0 saturated carbocycles. The van der Waals surface area contributed by atoms with Crippen molar-refractivity contribution in [3.63, 3.8) is 0 Å². The van der Waals surface area contributed by atoms with Crippen molar-refractivity contribution in [2.24, 2.45) is 22.5 Å². The summed E-state index contributed by atoms with van der Waals surface area (Å²) >= 11 is 0.972. The molecule has 1 saturated heterocycles. The quantitative estimate of drug-likeness (QED) is 0.0359. The number of aromatic nitrogens is 2. The molecule has 3 aromatic rings. The largest absolute Gasteiger partial charge is 0.489 e. The molecule has 8 N–H and O–H groups in total. The van der Waals surface area contributed by atoms with Gasteiger partial charge in [-0.1, -0.05) is 29.8 Å². The summed E-state index contributed by atoms with van der Waals surface area (Å²) in [6.45, 7) is 2.86. The summed E-state index contributed by atoms with van der Waals surface area (Å²) in [6.07, 6.45) is 1.71. The molecule has 0 bridgehead atoms. The SMILES string of the molecule is CC1(C)[C@H](CC(=O)/C(=N\O[C@@H](COc2ccc(-c3ccc(CC(=O)[C@@H](N)CCCCN)nc3)cc2)C(=O)O)c2csc(N)n2)C(=O)N1OS(=O)(=O)O. The number of carbonyl (C=O) groups excluding carboxylic acids is 3. The van der Waals surface area contributed by atoms with Gasteiger partial charge in [-0.2, -0.15) is 13.5 Å². The molecule has 18 nitrogen and oxygen atoms in total. The van der Waals surface area contributed by atoms with Gasteiger partial charge in [-0.25, -0.2) is 9.78 Å². The normalized spacial score (nSPS) is 16.9. The monoisotopic (exact) mass is 761 g/mol. The molecule has 1 amide bonds. The molecule has 1 aliphatic heterocycles. The van der Waals surface area contributed by atoms with E-state index in [4.69, 9.17) is 31.3 Å². The minimum Gasteiger partial charge on any atom is -0.489 e. The fraction of sp³-hybridized carbons (Fsp3) is 0.406. The van der Waals surface area contributed by atoms with Crippen LogP contribution in [0, 0.1) is 5.92 Å². The Labute approximate surface area is 302 Å². The third-order valence-corrected chi connectivity index (χ3v) is 9.17. The number of benzene rings is 1. The number of Topliss-reactive ketones (excluding diaryl/α,β-unsaturated/α-hetero) is 2. The Balaban J connectivity index is 1.38. The number of unbranched alkanes of at least 4 members (excludes halogenated alkanes) is 1. The lowest BCUT2D eigenvalue weighted by molar-refractivity contribution is -0.228. The number of carboxylic acid groups (broad SMARTS) is 1. The fourth-order valence-electron chi connectivity index (χ4n) is 5.14. The zero-order valence-electron chi connectivity index (χ0n) is 28.2. The lowest BCUT2D eigenvalue weighted by Gasteiger charge is -2.50. The number of ketones is 2. The molecular formula is C32H39N7O11S2. The molecule has 0 unspecified atom stereocenters. The lowest BCUT2D eigenvalue weighted by atomic mass is 9.74. The second kappa shape index (κ2) is 17.1.